The zero-order valence-electron chi connectivity index (χ0n) is 45.3. The number of anilines is 2. The molecule has 4 N–H and O–H groups in total. The van der Waals surface area contributed by atoms with Crippen LogP contribution in [0.4, 0.5) is 10.3 Å². The average Bonchev–Trinajstić information content (AvgIpc) is 2.95. The van der Waals surface area contributed by atoms with Crippen molar-refractivity contribution < 1.29 is 24.0 Å². The molecule has 85 heavy (non-hydrogen) atoms. The lowest BCUT2D eigenvalue weighted by atomic mass is 9.77. The second kappa shape index (κ2) is 25.6. The standard InChI is InChI=1S/C67H53ClN8O5S4/c68-59-55(71-64(84-59)72-66(46-29-13-3-14-30-46,47-31-15-4-16-32-47)48-33-17-5-18-34-48)56(75-81-67(49-35-19-6-20-36-49,50-37-21-7-22-38-50)51-39-23-8-24-40-51)60(77)70-54-52-41-42-53(82-43-83-65-74-73-63(69)85-65)57(76(52)61(54)78)62(79)80-58(44-25-9-1-10-26-44)45-27-11-2-12-28-45/h1-40,52,54,58H,41-43H2,(H2,69,73)(H,70,77)(H,71,72)/t52?,54-/m0/s1. The molecule has 1 unspecified atom stereocenters. The Bertz CT molecular complexity index is 3770. The Morgan fingerprint density at radius 3 is 1.56 bits per heavy atom. The molecule has 2 aliphatic rings. The third-order valence-corrected chi connectivity index (χ3v) is 19.2. The van der Waals surface area contributed by atoms with Gasteiger partial charge in [-0.05, 0) is 40.7 Å². The second-order valence-electron chi connectivity index (χ2n) is 19.9. The Hall–Kier alpha value is -8.84. The summed E-state index contributed by atoms with van der Waals surface area (Å²) in [7, 11) is 0. The maximum absolute atomic E-state index is 15.7. The Kier molecular flexibility index (Phi) is 17.0. The molecule has 13 nitrogen and oxygen atoms in total. The number of benzene rings is 8. The minimum Gasteiger partial charge on any atom is -0.448 e. The number of amides is 2. The van der Waals surface area contributed by atoms with Gasteiger partial charge in [0.25, 0.3) is 11.8 Å². The van der Waals surface area contributed by atoms with Gasteiger partial charge in [-0.1, -0.05) is 294 Å². The molecular formula is C67H53ClN8O5S4. The number of carbonyl (C=O) groups is 3. The zero-order chi connectivity index (χ0) is 58.2. The third-order valence-electron chi connectivity index (χ3n) is 14.9. The smallest absolute Gasteiger partial charge is 0.356 e. The molecule has 0 spiro atoms. The van der Waals surface area contributed by atoms with Crippen molar-refractivity contribution >= 4 is 91.6 Å². The molecule has 1 fully saturated rings. The number of hydrogen-bond acceptors (Lipinski definition) is 15. The van der Waals surface area contributed by atoms with Gasteiger partial charge in [-0.3, -0.25) is 14.5 Å². The Morgan fingerprint density at radius 1 is 0.647 bits per heavy atom. The first-order valence-corrected chi connectivity index (χ1v) is 31.3. The van der Waals surface area contributed by atoms with Crippen molar-refractivity contribution in [1.82, 2.24) is 25.4 Å². The first kappa shape index (κ1) is 56.6. The molecule has 422 valence electrons. The fraction of sp³-hybridized carbons (Fsp3) is 0.119. The lowest BCUT2D eigenvalue weighted by Gasteiger charge is -2.50. The van der Waals surface area contributed by atoms with Gasteiger partial charge >= 0.3 is 5.97 Å². The zero-order valence-corrected chi connectivity index (χ0v) is 49.3. The quantitative estimate of drug-likeness (QED) is 0.0118. The van der Waals surface area contributed by atoms with E-state index in [9.17, 15) is 0 Å². The monoisotopic (exact) mass is 1210 g/mol. The third kappa shape index (κ3) is 11.6. The summed E-state index contributed by atoms with van der Waals surface area (Å²) in [5.41, 5.74) is 9.73. The summed E-state index contributed by atoms with van der Waals surface area (Å²) >= 11 is 12.7. The molecular weight excluding hydrogens is 1160 g/mol. The average molecular weight is 1210 g/mol. The molecule has 12 rings (SSSR count). The highest BCUT2D eigenvalue weighted by atomic mass is 35.5. The number of esters is 1. The van der Waals surface area contributed by atoms with Crippen LogP contribution in [0.1, 0.15) is 69.1 Å². The molecule has 2 aromatic heterocycles. The van der Waals surface area contributed by atoms with Crippen molar-refractivity contribution in [3.63, 3.8) is 0 Å². The largest absolute Gasteiger partial charge is 0.448 e. The van der Waals surface area contributed by atoms with E-state index in [-0.39, 0.29) is 21.4 Å². The summed E-state index contributed by atoms with van der Waals surface area (Å²) in [6, 6.07) is 76.3. The van der Waals surface area contributed by atoms with Crippen LogP contribution in [0.2, 0.25) is 4.34 Å². The summed E-state index contributed by atoms with van der Waals surface area (Å²) in [6.45, 7) is 0. The summed E-state index contributed by atoms with van der Waals surface area (Å²) in [5.74, 6) is -1.98. The number of fused-ring (bicyclic) bond motifs is 1. The van der Waals surface area contributed by atoms with Gasteiger partial charge in [0.15, 0.2) is 21.3 Å². The van der Waals surface area contributed by atoms with Crippen LogP contribution < -0.4 is 16.4 Å². The van der Waals surface area contributed by atoms with Crippen LogP contribution in [0.25, 0.3) is 0 Å². The maximum Gasteiger partial charge on any atom is 0.356 e. The summed E-state index contributed by atoms with van der Waals surface area (Å²) in [6.07, 6.45) is 0.00209. The number of thioether (sulfide) groups is 2. The maximum atomic E-state index is 15.7. The van der Waals surface area contributed by atoms with Gasteiger partial charge in [0.1, 0.15) is 27.3 Å². The molecule has 0 saturated carbocycles. The number of hydrogen-bond donors (Lipinski definition) is 3. The van der Waals surface area contributed by atoms with E-state index >= 15 is 14.4 Å². The van der Waals surface area contributed by atoms with Crippen molar-refractivity contribution in [3.8, 4) is 0 Å². The molecule has 0 aliphatic carbocycles. The van der Waals surface area contributed by atoms with E-state index in [2.05, 4.69) is 57.2 Å². The van der Waals surface area contributed by atoms with E-state index in [0.29, 0.717) is 37.4 Å². The van der Waals surface area contributed by atoms with Gasteiger partial charge < -0.3 is 25.9 Å². The number of halogens is 1. The number of nitrogen functional groups attached to an aromatic ring is 1. The molecule has 2 atom stereocenters. The second-order valence-corrected chi connectivity index (χ2v) is 25.1. The highest BCUT2D eigenvalue weighted by Crippen LogP contribution is 2.46. The summed E-state index contributed by atoms with van der Waals surface area (Å²) in [4.78, 5) is 60.1. The van der Waals surface area contributed by atoms with Gasteiger partial charge in [-0.25, -0.2) is 9.78 Å². The van der Waals surface area contributed by atoms with Crippen molar-refractivity contribution in [3.05, 3.63) is 308 Å². The number of aromatic nitrogens is 3. The number of nitrogens with one attached hydrogen (secondary N) is 2. The highest BCUT2D eigenvalue weighted by Gasteiger charge is 2.55. The number of ether oxygens (including phenoxy) is 1. The Labute approximate surface area is 513 Å². The predicted molar refractivity (Wildman–Crippen MR) is 339 cm³/mol. The van der Waals surface area contributed by atoms with E-state index in [4.69, 9.17) is 37.0 Å². The van der Waals surface area contributed by atoms with Crippen LogP contribution in [0, 0.1) is 0 Å². The van der Waals surface area contributed by atoms with Gasteiger partial charge in [0, 0.05) is 21.6 Å². The molecule has 0 bridgehead atoms. The van der Waals surface area contributed by atoms with Crippen molar-refractivity contribution in [1.29, 1.82) is 0 Å². The molecule has 2 aliphatic heterocycles. The van der Waals surface area contributed by atoms with Gasteiger partial charge in [-0.15, -0.1) is 22.0 Å². The number of thiazole rings is 1. The summed E-state index contributed by atoms with van der Waals surface area (Å²) < 4.78 is 7.28. The van der Waals surface area contributed by atoms with Crippen molar-refractivity contribution in [2.24, 2.45) is 5.16 Å². The molecule has 1 saturated heterocycles. The Balaban J connectivity index is 0.939. The van der Waals surface area contributed by atoms with Crippen molar-refractivity contribution in [2.45, 2.75) is 46.5 Å². The number of rotatable bonds is 21. The van der Waals surface area contributed by atoms with Crippen LogP contribution in [0.5, 0.6) is 0 Å². The van der Waals surface area contributed by atoms with Gasteiger partial charge in [-0.2, -0.15) is 0 Å². The van der Waals surface area contributed by atoms with E-state index in [1.165, 1.54) is 39.8 Å². The molecule has 8 aromatic carbocycles. The first-order chi connectivity index (χ1) is 41.7. The molecule has 10 aromatic rings. The first-order valence-electron chi connectivity index (χ1n) is 27.3. The molecule has 4 heterocycles. The lowest BCUT2D eigenvalue weighted by Crippen LogP contribution is -2.72. The van der Waals surface area contributed by atoms with E-state index in [1.54, 1.807) is 0 Å². The molecule has 18 heteroatoms. The molecule has 0 radical (unpaired) electrons. The van der Waals surface area contributed by atoms with Crippen LogP contribution in [0.3, 0.4) is 0 Å². The number of allylic oxidation sites excluding steroid dienone is 1. The minimum atomic E-state index is -1.43. The predicted octanol–water partition coefficient (Wildman–Crippen LogP) is 13.9. The van der Waals surface area contributed by atoms with Crippen LogP contribution in [-0.2, 0) is 35.1 Å². The topological polar surface area (TPSA) is 174 Å². The van der Waals surface area contributed by atoms with Crippen molar-refractivity contribution in [2.75, 3.05) is 16.1 Å². The normalized spacial score (nSPS) is 15.2. The number of oxime groups is 1. The lowest BCUT2D eigenvalue weighted by molar-refractivity contribution is -0.158. The SMILES string of the molecule is Nc1nnc(SCSC2=C(C(=O)OC(c3ccccc3)c3ccccc3)N3C(=O)[C@@H](NC(=O)C(=NOC(c4ccccc4)(c4ccccc4)c4ccccc4)c4nc(NC(c5ccccc5)(c5ccccc5)c5ccccc5)sc4Cl)C3CC2)s1. The van der Waals surface area contributed by atoms with E-state index < -0.39 is 47.1 Å². The minimum absolute atomic E-state index is 0.00973. The van der Waals surface area contributed by atoms with Crippen LogP contribution in [-0.4, -0.2) is 60.7 Å². The Morgan fingerprint density at radius 2 is 1.11 bits per heavy atom. The summed E-state index contributed by atoms with van der Waals surface area (Å²) in [5, 5.41) is 21.0. The fourth-order valence-corrected chi connectivity index (χ4v) is 15.2. The fourth-order valence-electron chi connectivity index (χ4n) is 11.0. The van der Waals surface area contributed by atoms with Crippen LogP contribution in [0.15, 0.2) is 263 Å². The highest BCUT2D eigenvalue weighted by molar-refractivity contribution is 8.18. The number of nitrogens with zero attached hydrogens (tertiary/aromatic N) is 5. The number of carbonyl (C=O) groups excluding carboxylic acids is 3. The van der Waals surface area contributed by atoms with Crippen LogP contribution >= 0.6 is 57.8 Å². The van der Waals surface area contributed by atoms with Gasteiger partial charge in [0.05, 0.1) is 11.1 Å². The van der Waals surface area contributed by atoms with E-state index in [0.717, 1.165) is 55.8 Å². The number of nitrogens with two attached hydrogens (primary N) is 1. The van der Waals surface area contributed by atoms with Gasteiger partial charge in [0.2, 0.25) is 10.7 Å². The van der Waals surface area contributed by atoms with E-state index in [1.807, 2.05) is 206 Å². The molecule has 2 amide bonds. The number of β-lactam (4-membered cyclic amide) rings is 1.